The van der Waals surface area contributed by atoms with E-state index < -0.39 is 47.8 Å². The molecule has 0 amide bonds. The second kappa shape index (κ2) is 7.41. The van der Waals surface area contributed by atoms with Gasteiger partial charge in [-0.15, -0.1) is 10.3 Å². The molecule has 2 atom stereocenters. The van der Waals surface area contributed by atoms with Crippen LogP contribution >= 0.6 is 0 Å². The molecule has 0 bridgehead atoms. The third-order valence-corrected chi connectivity index (χ3v) is 3.72. The number of hydroxylamine groups is 2. The molecule has 0 saturated heterocycles. The number of carbonyl (C=O) groups excluding carboxylic acids is 4. The number of ether oxygens (including phenoxy) is 4. The minimum atomic E-state index is -2.16. The van der Waals surface area contributed by atoms with E-state index in [1.807, 2.05) is 0 Å². The molecular formula is C14H18NO9. The Morgan fingerprint density at radius 1 is 0.750 bits per heavy atom. The molecule has 1 heterocycles. The normalized spacial score (nSPS) is 25.9. The Kier molecular flexibility index (Phi) is 6.04. The Morgan fingerprint density at radius 3 is 1.33 bits per heavy atom. The van der Waals surface area contributed by atoms with Gasteiger partial charge >= 0.3 is 23.9 Å². The van der Waals surface area contributed by atoms with Crippen LogP contribution in [0.15, 0.2) is 12.2 Å². The summed E-state index contributed by atoms with van der Waals surface area (Å²) in [6, 6.07) is 0. The first-order valence-corrected chi connectivity index (χ1v) is 6.72. The number of methoxy groups -OCH3 is 4. The lowest BCUT2D eigenvalue weighted by Gasteiger charge is -2.36. The van der Waals surface area contributed by atoms with Crippen LogP contribution in [0.25, 0.3) is 0 Å². The lowest BCUT2D eigenvalue weighted by molar-refractivity contribution is -0.259. The molecule has 10 heteroatoms. The Bertz CT molecular complexity index is 525. The third-order valence-electron chi connectivity index (χ3n) is 3.72. The molecule has 0 N–H and O–H groups in total. The maximum atomic E-state index is 12.9. The highest BCUT2D eigenvalue weighted by Crippen LogP contribution is 2.40. The van der Waals surface area contributed by atoms with Crippen molar-refractivity contribution in [3.05, 3.63) is 12.2 Å². The van der Waals surface area contributed by atoms with Gasteiger partial charge in [-0.1, -0.05) is 12.2 Å². The summed E-state index contributed by atoms with van der Waals surface area (Å²) in [5, 5.41) is 12.9. The van der Waals surface area contributed by atoms with Crippen LogP contribution in [-0.2, 0) is 43.3 Å². The van der Waals surface area contributed by atoms with Crippen molar-refractivity contribution in [3.8, 4) is 0 Å². The Balaban J connectivity index is 3.40. The zero-order valence-corrected chi connectivity index (χ0v) is 13.7. The van der Waals surface area contributed by atoms with E-state index in [0.717, 1.165) is 40.6 Å². The highest BCUT2D eigenvalue weighted by atomic mass is 16.6. The predicted octanol–water partition coefficient (Wildman–Crippen LogP) is -0.846. The molecule has 133 valence electrons. The molecule has 0 aliphatic carbocycles. The van der Waals surface area contributed by atoms with Crippen LogP contribution in [0.4, 0.5) is 0 Å². The SMILES string of the molecule is COC(=O)C[C@]1(C(=O)OC)C=C[C@](CC(=O)OC)(C(=O)OC)N1[O]. The summed E-state index contributed by atoms with van der Waals surface area (Å²) in [7, 11) is 4.18. The molecule has 1 aliphatic heterocycles. The molecule has 24 heavy (non-hydrogen) atoms. The van der Waals surface area contributed by atoms with Crippen molar-refractivity contribution in [2.75, 3.05) is 28.4 Å². The van der Waals surface area contributed by atoms with Gasteiger partial charge in [0, 0.05) is 0 Å². The second-order valence-corrected chi connectivity index (χ2v) is 4.97. The number of esters is 4. The van der Waals surface area contributed by atoms with E-state index in [1.54, 1.807) is 0 Å². The van der Waals surface area contributed by atoms with Crippen LogP contribution in [0.2, 0.25) is 0 Å². The van der Waals surface area contributed by atoms with E-state index in [4.69, 9.17) is 0 Å². The molecule has 0 aromatic heterocycles. The van der Waals surface area contributed by atoms with Crippen molar-refractivity contribution in [2.45, 2.75) is 23.9 Å². The molecule has 10 nitrogen and oxygen atoms in total. The van der Waals surface area contributed by atoms with Gasteiger partial charge in [-0.05, 0) is 0 Å². The van der Waals surface area contributed by atoms with Gasteiger partial charge in [0.15, 0.2) is 11.1 Å². The third kappa shape index (κ3) is 3.10. The number of nitrogens with zero attached hydrogens (tertiary/aromatic N) is 1. The van der Waals surface area contributed by atoms with Gasteiger partial charge in [0.05, 0.1) is 41.3 Å². The van der Waals surface area contributed by atoms with E-state index in [9.17, 15) is 24.4 Å². The molecule has 0 saturated carbocycles. The molecule has 0 spiro atoms. The summed E-state index contributed by atoms with van der Waals surface area (Å²) in [4.78, 5) is 47.6. The van der Waals surface area contributed by atoms with Crippen LogP contribution in [-0.4, -0.2) is 68.5 Å². The van der Waals surface area contributed by atoms with Crippen LogP contribution < -0.4 is 0 Å². The fourth-order valence-electron chi connectivity index (χ4n) is 2.41. The first-order chi connectivity index (χ1) is 11.2. The smallest absolute Gasteiger partial charge is 0.333 e. The maximum absolute atomic E-state index is 12.9. The van der Waals surface area contributed by atoms with Gasteiger partial charge in [0.1, 0.15) is 0 Å². The Morgan fingerprint density at radius 2 is 1.08 bits per heavy atom. The minimum absolute atomic E-state index is 0.0194. The van der Waals surface area contributed by atoms with E-state index in [2.05, 4.69) is 18.9 Å². The number of hydrogen-bond acceptors (Lipinski definition) is 9. The molecule has 0 unspecified atom stereocenters. The first kappa shape index (κ1) is 19.6. The largest absolute Gasteiger partial charge is 0.469 e. The van der Waals surface area contributed by atoms with Crippen LogP contribution in [0, 0.1) is 0 Å². The van der Waals surface area contributed by atoms with Crippen molar-refractivity contribution in [1.82, 2.24) is 5.06 Å². The number of rotatable bonds is 6. The summed E-state index contributed by atoms with van der Waals surface area (Å²) in [5.41, 5.74) is -4.33. The summed E-state index contributed by atoms with van der Waals surface area (Å²) >= 11 is 0. The monoisotopic (exact) mass is 344 g/mol. The van der Waals surface area contributed by atoms with Gasteiger partial charge in [0.25, 0.3) is 0 Å². The van der Waals surface area contributed by atoms with Crippen molar-refractivity contribution in [1.29, 1.82) is 0 Å². The zero-order chi connectivity index (χ0) is 18.5. The first-order valence-electron chi connectivity index (χ1n) is 6.72. The maximum Gasteiger partial charge on any atom is 0.333 e. The summed E-state index contributed by atoms with van der Waals surface area (Å²) < 4.78 is 18.1. The van der Waals surface area contributed by atoms with Crippen LogP contribution in [0.5, 0.6) is 0 Å². The summed E-state index contributed by atoms with van der Waals surface area (Å²) in [6.07, 6.45) is 0.636. The molecule has 1 aliphatic rings. The highest BCUT2D eigenvalue weighted by molar-refractivity contribution is 5.95. The minimum Gasteiger partial charge on any atom is -0.469 e. The molecule has 1 rings (SSSR count). The molecule has 0 aromatic rings. The summed E-state index contributed by atoms with van der Waals surface area (Å²) in [5.74, 6) is -3.95. The van der Waals surface area contributed by atoms with Gasteiger partial charge < -0.3 is 18.9 Å². The van der Waals surface area contributed by atoms with Crippen LogP contribution in [0.1, 0.15) is 12.8 Å². The van der Waals surface area contributed by atoms with E-state index >= 15 is 0 Å². The lowest BCUT2D eigenvalue weighted by atomic mass is 9.94. The predicted molar refractivity (Wildman–Crippen MR) is 74.4 cm³/mol. The van der Waals surface area contributed by atoms with Crippen LogP contribution in [0.3, 0.4) is 0 Å². The molecule has 1 radical (unpaired) electrons. The Labute approximate surface area is 137 Å². The Hall–Kier alpha value is -2.46. The quantitative estimate of drug-likeness (QED) is 0.344. The molecule has 0 fully saturated rings. The molecular weight excluding hydrogens is 326 g/mol. The lowest BCUT2D eigenvalue weighted by Crippen LogP contribution is -2.61. The van der Waals surface area contributed by atoms with E-state index in [-0.39, 0.29) is 5.06 Å². The van der Waals surface area contributed by atoms with Crippen molar-refractivity contribution in [2.24, 2.45) is 0 Å². The number of carbonyl (C=O) groups is 4. The van der Waals surface area contributed by atoms with E-state index in [1.165, 1.54) is 0 Å². The zero-order valence-electron chi connectivity index (χ0n) is 13.7. The van der Waals surface area contributed by atoms with Gasteiger partial charge in [-0.25, -0.2) is 9.59 Å². The van der Waals surface area contributed by atoms with Crippen molar-refractivity contribution in [3.63, 3.8) is 0 Å². The summed E-state index contributed by atoms with van der Waals surface area (Å²) in [6.45, 7) is 0. The topological polar surface area (TPSA) is 128 Å². The average molecular weight is 344 g/mol. The van der Waals surface area contributed by atoms with Gasteiger partial charge in [-0.2, -0.15) is 0 Å². The van der Waals surface area contributed by atoms with Crippen molar-refractivity contribution < 1.29 is 43.3 Å². The standard InChI is InChI=1S/C14H18NO9/c1-21-9(16)7-13(11(18)23-3)5-6-14(15(13)20,12(19)24-4)8-10(17)22-2/h5-6H,7-8H2,1-4H3/t13-,14-/m0/s1. The number of hydrogen-bond donors (Lipinski definition) is 0. The average Bonchev–Trinajstić information content (AvgIpc) is 2.87. The highest BCUT2D eigenvalue weighted by Gasteiger charge is 2.63. The molecule has 0 aromatic carbocycles. The van der Waals surface area contributed by atoms with Crippen molar-refractivity contribution >= 4 is 23.9 Å². The fraction of sp³-hybridized carbons (Fsp3) is 0.571. The van der Waals surface area contributed by atoms with Gasteiger partial charge in [-0.3, -0.25) is 9.59 Å². The van der Waals surface area contributed by atoms with Gasteiger partial charge in [0.2, 0.25) is 0 Å². The second-order valence-electron chi connectivity index (χ2n) is 4.97. The van der Waals surface area contributed by atoms with E-state index in [0.29, 0.717) is 0 Å². The fourth-order valence-corrected chi connectivity index (χ4v) is 2.41.